The Hall–Kier alpha value is -0.830. The molecule has 0 saturated carbocycles. The number of fused-ring (bicyclic) bond motifs is 1. The predicted octanol–water partition coefficient (Wildman–Crippen LogP) is 2.48. The van der Waals surface area contributed by atoms with Crippen molar-refractivity contribution in [2.45, 2.75) is 65.5 Å². The molecule has 2 heterocycles. The number of hydrogen-bond acceptors (Lipinski definition) is 2. The molecule has 3 heteroatoms. The highest BCUT2D eigenvalue weighted by atomic mass is 15.1. The number of aryl methyl sites for hydroxylation is 1. The van der Waals surface area contributed by atoms with Crippen molar-refractivity contribution in [2.24, 2.45) is 11.7 Å². The Bertz CT molecular complexity index is 390. The van der Waals surface area contributed by atoms with E-state index in [0.29, 0.717) is 17.9 Å². The Morgan fingerprint density at radius 1 is 1.35 bits per heavy atom. The molecule has 2 N–H and O–H groups in total. The van der Waals surface area contributed by atoms with Crippen LogP contribution in [0.15, 0.2) is 0 Å². The second kappa shape index (κ2) is 4.81. The molecule has 1 atom stereocenters. The molecule has 0 bridgehead atoms. The first-order valence-corrected chi connectivity index (χ1v) is 6.82. The van der Waals surface area contributed by atoms with Gasteiger partial charge in [-0.05, 0) is 24.7 Å². The summed E-state index contributed by atoms with van der Waals surface area (Å²) in [4.78, 5) is 4.85. The highest BCUT2D eigenvalue weighted by Gasteiger charge is 2.24. The molecular formula is C14H25N3. The number of hydrogen-bond donors (Lipinski definition) is 1. The van der Waals surface area contributed by atoms with Crippen molar-refractivity contribution in [3.05, 3.63) is 17.2 Å². The van der Waals surface area contributed by atoms with E-state index >= 15 is 0 Å². The van der Waals surface area contributed by atoms with Crippen LogP contribution in [0.25, 0.3) is 0 Å². The SMILES string of the molecule is CC(C)Cc1nc2n(c1C(C)C)CC(N)CC2. The average molecular weight is 235 g/mol. The van der Waals surface area contributed by atoms with Gasteiger partial charge in [0.2, 0.25) is 0 Å². The molecule has 1 aromatic rings. The van der Waals surface area contributed by atoms with Gasteiger partial charge in [0.1, 0.15) is 5.82 Å². The maximum atomic E-state index is 6.08. The quantitative estimate of drug-likeness (QED) is 0.874. The minimum atomic E-state index is 0.307. The number of rotatable bonds is 3. The van der Waals surface area contributed by atoms with Crippen molar-refractivity contribution < 1.29 is 0 Å². The molecule has 1 unspecified atom stereocenters. The molecule has 2 rings (SSSR count). The Morgan fingerprint density at radius 2 is 2.06 bits per heavy atom. The van der Waals surface area contributed by atoms with E-state index in [9.17, 15) is 0 Å². The van der Waals surface area contributed by atoms with Gasteiger partial charge in [-0.2, -0.15) is 0 Å². The molecule has 17 heavy (non-hydrogen) atoms. The average Bonchev–Trinajstić information content (AvgIpc) is 2.53. The van der Waals surface area contributed by atoms with Gasteiger partial charge < -0.3 is 10.3 Å². The first-order chi connectivity index (χ1) is 7.99. The summed E-state index contributed by atoms with van der Waals surface area (Å²) in [5.41, 5.74) is 8.81. The van der Waals surface area contributed by atoms with E-state index in [0.717, 1.165) is 25.8 Å². The molecule has 0 amide bonds. The molecule has 1 aliphatic rings. The van der Waals surface area contributed by atoms with Crippen LogP contribution in [0.1, 0.15) is 57.2 Å². The fourth-order valence-corrected chi connectivity index (χ4v) is 2.78. The molecular weight excluding hydrogens is 210 g/mol. The first-order valence-electron chi connectivity index (χ1n) is 6.82. The van der Waals surface area contributed by atoms with Gasteiger partial charge in [0.15, 0.2) is 0 Å². The zero-order valence-electron chi connectivity index (χ0n) is 11.5. The van der Waals surface area contributed by atoms with Crippen LogP contribution >= 0.6 is 0 Å². The van der Waals surface area contributed by atoms with Crippen molar-refractivity contribution in [3.63, 3.8) is 0 Å². The van der Waals surface area contributed by atoms with Crippen molar-refractivity contribution in [2.75, 3.05) is 0 Å². The second-order valence-electron chi connectivity index (χ2n) is 6.02. The minimum Gasteiger partial charge on any atom is -0.330 e. The lowest BCUT2D eigenvalue weighted by atomic mass is 10.0. The highest BCUT2D eigenvalue weighted by molar-refractivity contribution is 5.23. The summed E-state index contributed by atoms with van der Waals surface area (Å²) in [5.74, 6) is 2.46. The molecule has 0 fully saturated rings. The normalized spacial score (nSPS) is 20.1. The van der Waals surface area contributed by atoms with E-state index in [1.165, 1.54) is 17.2 Å². The lowest BCUT2D eigenvalue weighted by molar-refractivity contribution is 0.439. The van der Waals surface area contributed by atoms with E-state index < -0.39 is 0 Å². The zero-order valence-corrected chi connectivity index (χ0v) is 11.5. The zero-order chi connectivity index (χ0) is 12.6. The topological polar surface area (TPSA) is 43.8 Å². The summed E-state index contributed by atoms with van der Waals surface area (Å²) in [6, 6.07) is 0.307. The van der Waals surface area contributed by atoms with Crippen molar-refractivity contribution in [3.8, 4) is 0 Å². The van der Waals surface area contributed by atoms with E-state index in [-0.39, 0.29) is 0 Å². The summed E-state index contributed by atoms with van der Waals surface area (Å²) in [7, 11) is 0. The largest absolute Gasteiger partial charge is 0.330 e. The summed E-state index contributed by atoms with van der Waals surface area (Å²) in [6.45, 7) is 9.98. The molecule has 0 aliphatic carbocycles. The smallest absolute Gasteiger partial charge is 0.109 e. The van der Waals surface area contributed by atoms with Crippen molar-refractivity contribution in [1.82, 2.24) is 9.55 Å². The number of nitrogens with two attached hydrogens (primary N) is 1. The lowest BCUT2D eigenvalue weighted by Gasteiger charge is -2.23. The van der Waals surface area contributed by atoms with E-state index in [1.807, 2.05) is 0 Å². The van der Waals surface area contributed by atoms with Crippen LogP contribution in [0.3, 0.4) is 0 Å². The molecule has 96 valence electrons. The molecule has 0 aromatic carbocycles. The molecule has 0 radical (unpaired) electrons. The standard InChI is InChI=1S/C14H25N3/c1-9(2)7-12-14(10(3)4)17-8-11(15)5-6-13(17)16-12/h9-11H,5-8,15H2,1-4H3. The molecule has 3 nitrogen and oxygen atoms in total. The van der Waals surface area contributed by atoms with Gasteiger partial charge in [0.25, 0.3) is 0 Å². The summed E-state index contributed by atoms with van der Waals surface area (Å²) in [5, 5.41) is 0. The Labute approximate surface area is 104 Å². The molecule has 1 aliphatic heterocycles. The van der Waals surface area contributed by atoms with Crippen LogP contribution in [0, 0.1) is 5.92 Å². The monoisotopic (exact) mass is 235 g/mol. The van der Waals surface area contributed by atoms with Gasteiger partial charge in [-0.1, -0.05) is 27.7 Å². The van der Waals surface area contributed by atoms with Crippen LogP contribution < -0.4 is 5.73 Å². The Kier molecular flexibility index (Phi) is 3.57. The fourth-order valence-electron chi connectivity index (χ4n) is 2.78. The van der Waals surface area contributed by atoms with Gasteiger partial charge in [-0.15, -0.1) is 0 Å². The first kappa shape index (κ1) is 12.6. The van der Waals surface area contributed by atoms with Gasteiger partial charge in [-0.25, -0.2) is 4.98 Å². The highest BCUT2D eigenvalue weighted by Crippen LogP contribution is 2.27. The summed E-state index contributed by atoms with van der Waals surface area (Å²) >= 11 is 0. The van der Waals surface area contributed by atoms with E-state index in [2.05, 4.69) is 32.3 Å². The van der Waals surface area contributed by atoms with Crippen LogP contribution in [-0.4, -0.2) is 15.6 Å². The van der Waals surface area contributed by atoms with Gasteiger partial charge >= 0.3 is 0 Å². The Morgan fingerprint density at radius 3 is 2.65 bits per heavy atom. The lowest BCUT2D eigenvalue weighted by Crippen LogP contribution is -2.32. The minimum absolute atomic E-state index is 0.307. The van der Waals surface area contributed by atoms with Gasteiger partial charge in [0, 0.05) is 24.7 Å². The molecule has 0 saturated heterocycles. The number of imidazole rings is 1. The maximum Gasteiger partial charge on any atom is 0.109 e. The third-order valence-electron chi connectivity index (χ3n) is 3.47. The second-order valence-corrected chi connectivity index (χ2v) is 6.02. The van der Waals surface area contributed by atoms with Crippen LogP contribution in [0.2, 0.25) is 0 Å². The van der Waals surface area contributed by atoms with Gasteiger partial charge in [0.05, 0.1) is 5.69 Å². The Balaban J connectivity index is 2.40. The van der Waals surface area contributed by atoms with E-state index in [4.69, 9.17) is 10.7 Å². The van der Waals surface area contributed by atoms with Crippen molar-refractivity contribution >= 4 is 0 Å². The third kappa shape index (κ3) is 2.54. The van der Waals surface area contributed by atoms with E-state index in [1.54, 1.807) is 0 Å². The van der Waals surface area contributed by atoms with Crippen LogP contribution in [0.4, 0.5) is 0 Å². The fraction of sp³-hybridized carbons (Fsp3) is 0.786. The number of nitrogens with zero attached hydrogens (tertiary/aromatic N) is 2. The van der Waals surface area contributed by atoms with Crippen LogP contribution in [-0.2, 0) is 19.4 Å². The van der Waals surface area contributed by atoms with Gasteiger partial charge in [-0.3, -0.25) is 0 Å². The molecule has 1 aromatic heterocycles. The third-order valence-corrected chi connectivity index (χ3v) is 3.47. The van der Waals surface area contributed by atoms with Crippen LogP contribution in [0.5, 0.6) is 0 Å². The molecule has 0 spiro atoms. The summed E-state index contributed by atoms with van der Waals surface area (Å²) < 4.78 is 2.39. The predicted molar refractivity (Wildman–Crippen MR) is 71.2 cm³/mol. The number of aromatic nitrogens is 2. The summed E-state index contributed by atoms with van der Waals surface area (Å²) in [6.07, 6.45) is 3.21. The maximum absolute atomic E-state index is 6.08. The van der Waals surface area contributed by atoms with Crippen molar-refractivity contribution in [1.29, 1.82) is 0 Å².